The number of aryl methyl sites for hydroxylation is 2. The van der Waals surface area contributed by atoms with Crippen molar-refractivity contribution in [2.24, 2.45) is 0 Å². The third kappa shape index (κ3) is 3.75. The van der Waals surface area contributed by atoms with Gasteiger partial charge in [-0.3, -0.25) is 0 Å². The monoisotopic (exact) mass is 399 g/mol. The molecule has 148 valence electrons. The summed E-state index contributed by atoms with van der Waals surface area (Å²) in [6, 6.07) is 12.7. The zero-order valence-electron chi connectivity index (χ0n) is 16.3. The first-order valence-electron chi connectivity index (χ1n) is 9.37. The summed E-state index contributed by atoms with van der Waals surface area (Å²) in [6.07, 6.45) is 2.90. The van der Waals surface area contributed by atoms with Gasteiger partial charge < -0.3 is 5.11 Å². The molecule has 0 radical (unpaired) electrons. The van der Waals surface area contributed by atoms with Crippen LogP contribution >= 0.6 is 0 Å². The molecule has 0 unspecified atom stereocenters. The van der Waals surface area contributed by atoms with Crippen molar-refractivity contribution < 1.29 is 18.3 Å². The summed E-state index contributed by atoms with van der Waals surface area (Å²) in [6.45, 7) is 5.79. The molecule has 3 rings (SSSR count). The van der Waals surface area contributed by atoms with Crippen molar-refractivity contribution in [3.63, 3.8) is 0 Å². The van der Waals surface area contributed by atoms with E-state index in [0.717, 1.165) is 17.5 Å². The second-order valence-corrected chi connectivity index (χ2v) is 9.09. The molecule has 2 aromatic carbocycles. The number of nitrogens with zero attached hydrogens (tertiary/aromatic N) is 1. The van der Waals surface area contributed by atoms with E-state index in [-0.39, 0.29) is 10.5 Å². The molecule has 0 saturated carbocycles. The molecular formula is C22H25NO4S. The maximum atomic E-state index is 13.5. The van der Waals surface area contributed by atoms with Gasteiger partial charge in [0.15, 0.2) is 0 Å². The first-order valence-corrected chi connectivity index (χ1v) is 10.8. The molecule has 0 fully saturated rings. The molecule has 0 aromatic heterocycles. The van der Waals surface area contributed by atoms with Crippen LogP contribution in [0.4, 0.5) is 0 Å². The lowest BCUT2D eigenvalue weighted by Crippen LogP contribution is -2.39. The molecule has 5 nitrogen and oxygen atoms in total. The lowest BCUT2D eigenvalue weighted by Gasteiger charge is -2.30. The largest absolute Gasteiger partial charge is 0.478 e. The average molecular weight is 400 g/mol. The van der Waals surface area contributed by atoms with Crippen LogP contribution in [0.1, 0.15) is 42.5 Å². The van der Waals surface area contributed by atoms with Crippen LogP contribution in [0, 0.1) is 13.8 Å². The minimum absolute atomic E-state index is 0.109. The van der Waals surface area contributed by atoms with E-state index in [1.54, 1.807) is 30.3 Å². The Balaban J connectivity index is 2.16. The standard InChI is InChI=1S/C22H25NO4S/c1-4-5-18-14-20(22(24)25)21(17-10-6-15(2)7-11-17)23(18)28(26,27)19-12-8-16(3)9-13-19/h6-14,18,21H,4-5H2,1-3H3,(H,24,25)/t18-,21+/m1/s1. The summed E-state index contributed by atoms with van der Waals surface area (Å²) < 4.78 is 28.5. The number of carbonyl (C=O) groups is 1. The minimum Gasteiger partial charge on any atom is -0.478 e. The molecule has 1 aliphatic heterocycles. The van der Waals surface area contributed by atoms with Crippen molar-refractivity contribution >= 4 is 16.0 Å². The van der Waals surface area contributed by atoms with Gasteiger partial charge in [-0.1, -0.05) is 66.9 Å². The number of aliphatic carboxylic acids is 1. The summed E-state index contributed by atoms with van der Waals surface area (Å²) in [5.74, 6) is -1.09. The van der Waals surface area contributed by atoms with Crippen LogP contribution in [0.5, 0.6) is 0 Å². The smallest absolute Gasteiger partial charge is 0.333 e. The quantitative estimate of drug-likeness (QED) is 0.789. The Hall–Kier alpha value is -2.44. The van der Waals surface area contributed by atoms with Gasteiger partial charge in [0.1, 0.15) is 0 Å². The van der Waals surface area contributed by atoms with E-state index in [0.29, 0.717) is 12.0 Å². The minimum atomic E-state index is -3.88. The van der Waals surface area contributed by atoms with Crippen LogP contribution in [-0.2, 0) is 14.8 Å². The third-order valence-electron chi connectivity index (χ3n) is 5.07. The van der Waals surface area contributed by atoms with Gasteiger partial charge in [0, 0.05) is 6.04 Å². The van der Waals surface area contributed by atoms with Crippen molar-refractivity contribution in [2.75, 3.05) is 0 Å². The van der Waals surface area contributed by atoms with Gasteiger partial charge in [-0.2, -0.15) is 4.31 Å². The lowest BCUT2D eigenvalue weighted by molar-refractivity contribution is -0.133. The molecule has 1 aliphatic rings. The molecule has 1 N–H and O–H groups in total. The predicted molar refractivity (Wildman–Crippen MR) is 109 cm³/mol. The summed E-state index contributed by atoms with van der Waals surface area (Å²) in [5, 5.41) is 9.79. The van der Waals surface area contributed by atoms with E-state index in [4.69, 9.17) is 0 Å². The molecule has 0 amide bonds. The van der Waals surface area contributed by atoms with Crippen LogP contribution in [-0.4, -0.2) is 29.8 Å². The highest BCUT2D eigenvalue weighted by atomic mass is 32.2. The molecular weight excluding hydrogens is 374 g/mol. The molecule has 0 saturated heterocycles. The topological polar surface area (TPSA) is 74.7 Å². The molecule has 0 bridgehead atoms. The second-order valence-electron chi connectivity index (χ2n) is 7.24. The van der Waals surface area contributed by atoms with Crippen LogP contribution in [0.15, 0.2) is 65.1 Å². The molecule has 6 heteroatoms. The highest BCUT2D eigenvalue weighted by Crippen LogP contribution is 2.42. The van der Waals surface area contributed by atoms with Crippen LogP contribution in [0.3, 0.4) is 0 Å². The fourth-order valence-corrected chi connectivity index (χ4v) is 5.38. The summed E-state index contributed by atoms with van der Waals surface area (Å²) in [5.41, 5.74) is 2.76. The third-order valence-corrected chi connectivity index (χ3v) is 6.97. The highest BCUT2D eigenvalue weighted by molar-refractivity contribution is 7.89. The maximum Gasteiger partial charge on any atom is 0.333 e. The van der Waals surface area contributed by atoms with Crippen molar-refractivity contribution in [2.45, 2.75) is 50.6 Å². The van der Waals surface area contributed by atoms with Gasteiger partial charge >= 0.3 is 5.97 Å². The van der Waals surface area contributed by atoms with Crippen molar-refractivity contribution in [3.8, 4) is 0 Å². The Bertz CT molecular complexity index is 992. The van der Waals surface area contributed by atoms with E-state index >= 15 is 0 Å². The zero-order valence-corrected chi connectivity index (χ0v) is 17.1. The van der Waals surface area contributed by atoms with Gasteiger partial charge in [0.25, 0.3) is 0 Å². The SMILES string of the molecule is CCC[C@@H]1C=C(C(=O)O)[C@H](c2ccc(C)cc2)N1S(=O)(=O)c1ccc(C)cc1. The Labute approximate surface area is 166 Å². The number of hydrogen-bond donors (Lipinski definition) is 1. The van der Waals surface area contributed by atoms with Crippen molar-refractivity contribution in [1.29, 1.82) is 0 Å². The fourth-order valence-electron chi connectivity index (χ4n) is 3.62. The van der Waals surface area contributed by atoms with Gasteiger partial charge in [0.2, 0.25) is 10.0 Å². The van der Waals surface area contributed by atoms with Crippen LogP contribution in [0.2, 0.25) is 0 Å². The fraction of sp³-hybridized carbons (Fsp3) is 0.318. The highest BCUT2D eigenvalue weighted by Gasteiger charge is 2.45. The van der Waals surface area contributed by atoms with E-state index in [9.17, 15) is 18.3 Å². The summed E-state index contributed by atoms with van der Waals surface area (Å²) >= 11 is 0. The number of carboxylic acid groups (broad SMARTS) is 1. The zero-order chi connectivity index (χ0) is 20.5. The molecule has 2 atom stereocenters. The second kappa shape index (κ2) is 7.89. The predicted octanol–water partition coefficient (Wildman–Crippen LogP) is 4.23. The lowest BCUT2D eigenvalue weighted by atomic mass is 10.00. The van der Waals surface area contributed by atoms with Crippen LogP contribution < -0.4 is 0 Å². The number of hydrogen-bond acceptors (Lipinski definition) is 3. The Morgan fingerprint density at radius 1 is 1.00 bits per heavy atom. The number of sulfonamides is 1. The maximum absolute atomic E-state index is 13.5. The molecule has 28 heavy (non-hydrogen) atoms. The Kier molecular flexibility index (Phi) is 5.72. The number of benzene rings is 2. The Morgan fingerprint density at radius 3 is 2.04 bits per heavy atom. The summed E-state index contributed by atoms with van der Waals surface area (Å²) in [7, 11) is -3.88. The van der Waals surface area contributed by atoms with E-state index in [2.05, 4.69) is 0 Å². The Morgan fingerprint density at radius 2 is 1.54 bits per heavy atom. The molecule has 2 aromatic rings. The number of carboxylic acids is 1. The van der Waals surface area contributed by atoms with Gasteiger partial charge in [-0.05, 0) is 38.0 Å². The van der Waals surface area contributed by atoms with E-state index < -0.39 is 28.1 Å². The molecule has 1 heterocycles. The van der Waals surface area contributed by atoms with E-state index in [1.807, 2.05) is 45.0 Å². The summed E-state index contributed by atoms with van der Waals surface area (Å²) in [4.78, 5) is 12.1. The molecule has 0 spiro atoms. The number of rotatable bonds is 6. The van der Waals surface area contributed by atoms with Gasteiger partial charge in [0.05, 0.1) is 16.5 Å². The average Bonchev–Trinajstić information content (AvgIpc) is 3.03. The van der Waals surface area contributed by atoms with Crippen LogP contribution in [0.25, 0.3) is 0 Å². The van der Waals surface area contributed by atoms with E-state index in [1.165, 1.54) is 4.31 Å². The van der Waals surface area contributed by atoms with Gasteiger partial charge in [-0.25, -0.2) is 13.2 Å². The molecule has 0 aliphatic carbocycles. The normalized spacial score (nSPS) is 20.2. The van der Waals surface area contributed by atoms with Crippen molar-refractivity contribution in [1.82, 2.24) is 4.31 Å². The van der Waals surface area contributed by atoms with Gasteiger partial charge in [-0.15, -0.1) is 0 Å². The first-order chi connectivity index (χ1) is 13.3. The van der Waals surface area contributed by atoms with Crippen molar-refractivity contribution in [3.05, 3.63) is 76.9 Å². The first kappa shape index (κ1) is 20.3.